The number of rotatable bonds is 3. The van der Waals surface area contributed by atoms with Gasteiger partial charge in [-0.3, -0.25) is 4.79 Å². The van der Waals surface area contributed by atoms with Gasteiger partial charge in [0.25, 0.3) is 0 Å². The highest BCUT2D eigenvalue weighted by atomic mass is 32.1. The van der Waals surface area contributed by atoms with Crippen LogP contribution in [0.25, 0.3) is 0 Å². The zero-order valence-electron chi connectivity index (χ0n) is 11.7. The zero-order chi connectivity index (χ0) is 14.4. The second kappa shape index (κ2) is 4.56. The quantitative estimate of drug-likeness (QED) is 0.856. The molecule has 0 unspecified atom stereocenters. The van der Waals surface area contributed by atoms with Crippen molar-refractivity contribution in [2.75, 3.05) is 11.1 Å². The third-order valence-corrected chi connectivity index (χ3v) is 5.54. The Hall–Kier alpha value is -1.88. The van der Waals surface area contributed by atoms with Crippen molar-refractivity contribution in [1.29, 1.82) is 0 Å². The van der Waals surface area contributed by atoms with Gasteiger partial charge >= 0.3 is 0 Å². The lowest BCUT2D eigenvalue weighted by atomic mass is 9.95. The number of nitrogens with one attached hydrogen (secondary N) is 1. The van der Waals surface area contributed by atoms with Gasteiger partial charge in [0.1, 0.15) is 0 Å². The van der Waals surface area contributed by atoms with E-state index in [0.717, 1.165) is 42.1 Å². The summed E-state index contributed by atoms with van der Waals surface area (Å²) < 4.78 is 0. The van der Waals surface area contributed by atoms with Crippen molar-refractivity contribution in [2.24, 2.45) is 0 Å². The molecule has 1 saturated carbocycles. The van der Waals surface area contributed by atoms with Gasteiger partial charge in [0.05, 0.1) is 11.1 Å². The van der Waals surface area contributed by atoms with Crippen LogP contribution in [0.15, 0.2) is 24.3 Å². The molecular weight excluding hydrogens is 282 g/mol. The van der Waals surface area contributed by atoms with Crippen LogP contribution in [0.5, 0.6) is 0 Å². The number of nitrogen functional groups attached to an aromatic ring is 1. The number of carbonyl (C=O) groups excluding carboxylic acids is 1. The first-order valence-corrected chi connectivity index (χ1v) is 8.15. The molecule has 1 aromatic heterocycles. The second-order valence-corrected chi connectivity index (χ2v) is 6.98. The van der Waals surface area contributed by atoms with E-state index in [1.165, 1.54) is 17.0 Å². The maximum atomic E-state index is 12.6. The van der Waals surface area contributed by atoms with Crippen LogP contribution in [0.3, 0.4) is 0 Å². The average Bonchev–Trinajstić information content (AvgIpc) is 3.03. The molecule has 4 rings (SSSR count). The summed E-state index contributed by atoms with van der Waals surface area (Å²) in [6, 6.07) is 7.65. The first-order valence-electron chi connectivity index (χ1n) is 7.33. The lowest BCUT2D eigenvalue weighted by molar-refractivity contribution is -0.118. The first kappa shape index (κ1) is 12.8. The Morgan fingerprint density at radius 2 is 2.00 bits per heavy atom. The van der Waals surface area contributed by atoms with Crippen LogP contribution >= 0.6 is 11.3 Å². The van der Waals surface area contributed by atoms with Crippen LogP contribution < -0.4 is 11.1 Å². The number of fused-ring (bicyclic) bond motifs is 1. The summed E-state index contributed by atoms with van der Waals surface area (Å²) in [5.41, 5.74) is 8.31. The summed E-state index contributed by atoms with van der Waals surface area (Å²) in [5, 5.41) is 3.78. The topological polar surface area (TPSA) is 68.0 Å². The van der Waals surface area contributed by atoms with E-state index in [1.807, 2.05) is 24.3 Å². The number of amides is 1. The largest absolute Gasteiger partial charge is 0.399 e. The third-order valence-electron chi connectivity index (χ3n) is 4.46. The Balaban J connectivity index is 1.55. The molecule has 0 saturated heterocycles. The fourth-order valence-corrected chi connectivity index (χ4v) is 4.08. The highest BCUT2D eigenvalue weighted by Gasteiger charge is 2.51. The number of hydrogen-bond donors (Lipinski definition) is 2. The fourth-order valence-electron chi connectivity index (χ4n) is 3.03. The number of benzene rings is 1. The van der Waals surface area contributed by atoms with Crippen molar-refractivity contribution in [1.82, 2.24) is 4.98 Å². The van der Waals surface area contributed by atoms with Gasteiger partial charge in [-0.05, 0) is 49.8 Å². The molecule has 2 aliphatic rings. The minimum absolute atomic E-state index is 0.0692. The lowest BCUT2D eigenvalue weighted by Gasteiger charge is -2.14. The average molecular weight is 299 g/mol. The molecular formula is C16H17N3OS. The minimum atomic E-state index is -0.371. The molecule has 21 heavy (non-hydrogen) atoms. The van der Waals surface area contributed by atoms with Gasteiger partial charge < -0.3 is 11.1 Å². The molecule has 0 atom stereocenters. The van der Waals surface area contributed by atoms with Crippen molar-refractivity contribution in [3.8, 4) is 0 Å². The number of hydrogen-bond acceptors (Lipinski definition) is 4. The Morgan fingerprint density at radius 1 is 1.24 bits per heavy atom. The molecule has 2 aromatic rings. The number of aromatic nitrogens is 1. The summed E-state index contributed by atoms with van der Waals surface area (Å²) in [6.45, 7) is 0. The third kappa shape index (κ3) is 2.12. The van der Waals surface area contributed by atoms with E-state index in [0.29, 0.717) is 0 Å². The molecule has 1 aromatic carbocycles. The van der Waals surface area contributed by atoms with Crippen LogP contribution in [0.1, 0.15) is 35.4 Å². The monoisotopic (exact) mass is 299 g/mol. The summed E-state index contributed by atoms with van der Waals surface area (Å²) in [4.78, 5) is 18.5. The van der Waals surface area contributed by atoms with Crippen LogP contribution in [0.2, 0.25) is 0 Å². The molecule has 0 bridgehead atoms. The molecule has 5 heteroatoms. The van der Waals surface area contributed by atoms with E-state index in [2.05, 4.69) is 10.3 Å². The molecule has 0 radical (unpaired) electrons. The van der Waals surface area contributed by atoms with Crippen molar-refractivity contribution in [3.05, 3.63) is 40.4 Å². The summed E-state index contributed by atoms with van der Waals surface area (Å²) in [5.74, 6) is 0.0692. The Labute approximate surface area is 127 Å². The fraction of sp³-hybridized carbons (Fsp3) is 0.375. The lowest BCUT2D eigenvalue weighted by Crippen LogP contribution is -2.27. The molecule has 2 aliphatic carbocycles. The van der Waals surface area contributed by atoms with E-state index in [-0.39, 0.29) is 11.3 Å². The molecule has 0 aliphatic heterocycles. The maximum absolute atomic E-state index is 12.6. The van der Waals surface area contributed by atoms with Crippen LogP contribution in [0.4, 0.5) is 10.8 Å². The van der Waals surface area contributed by atoms with Crippen LogP contribution in [-0.4, -0.2) is 10.9 Å². The van der Waals surface area contributed by atoms with Gasteiger partial charge in [0.15, 0.2) is 5.13 Å². The van der Waals surface area contributed by atoms with Gasteiger partial charge in [-0.25, -0.2) is 4.98 Å². The number of aryl methyl sites for hydroxylation is 2. The molecule has 1 amide bonds. The number of nitrogens with zero attached hydrogens (tertiary/aromatic N) is 1. The zero-order valence-corrected chi connectivity index (χ0v) is 12.5. The second-order valence-electron chi connectivity index (χ2n) is 5.90. The number of anilines is 2. The normalized spacial score (nSPS) is 18.3. The van der Waals surface area contributed by atoms with Gasteiger partial charge in [0, 0.05) is 10.6 Å². The molecule has 1 heterocycles. The van der Waals surface area contributed by atoms with Crippen LogP contribution in [0, 0.1) is 0 Å². The standard InChI is InChI=1S/C16H17N3OS/c17-11-6-4-10(5-7-11)16(8-9-16)14(20)19-15-18-12-2-1-3-13(12)21-15/h4-7H,1-3,8-9,17H2,(H,18,19,20). The van der Waals surface area contributed by atoms with Crippen LogP contribution in [-0.2, 0) is 23.1 Å². The van der Waals surface area contributed by atoms with Crippen molar-refractivity contribution in [3.63, 3.8) is 0 Å². The maximum Gasteiger partial charge on any atom is 0.236 e. The number of nitrogens with two attached hydrogens (primary N) is 1. The minimum Gasteiger partial charge on any atom is -0.399 e. The highest BCUT2D eigenvalue weighted by Crippen LogP contribution is 2.49. The van der Waals surface area contributed by atoms with E-state index < -0.39 is 0 Å². The van der Waals surface area contributed by atoms with E-state index in [9.17, 15) is 4.79 Å². The molecule has 3 N–H and O–H groups in total. The number of thiazole rings is 1. The Kier molecular flexibility index (Phi) is 2.79. The van der Waals surface area contributed by atoms with Gasteiger partial charge in [-0.2, -0.15) is 0 Å². The SMILES string of the molecule is Nc1ccc(C2(C(=O)Nc3nc4c(s3)CCC4)CC2)cc1. The van der Waals surface area contributed by atoms with Crippen molar-refractivity contribution < 1.29 is 4.79 Å². The molecule has 4 nitrogen and oxygen atoms in total. The Bertz CT molecular complexity index is 679. The highest BCUT2D eigenvalue weighted by molar-refractivity contribution is 7.15. The first-order chi connectivity index (χ1) is 10.2. The molecule has 108 valence electrons. The predicted octanol–water partition coefficient (Wildman–Crippen LogP) is 2.88. The summed E-state index contributed by atoms with van der Waals surface area (Å²) in [6.07, 6.45) is 5.14. The van der Waals surface area contributed by atoms with Gasteiger partial charge in [-0.15, -0.1) is 11.3 Å². The van der Waals surface area contributed by atoms with Crippen molar-refractivity contribution >= 4 is 28.1 Å². The molecule has 1 fully saturated rings. The van der Waals surface area contributed by atoms with E-state index >= 15 is 0 Å². The van der Waals surface area contributed by atoms with E-state index in [4.69, 9.17) is 5.73 Å². The van der Waals surface area contributed by atoms with E-state index in [1.54, 1.807) is 11.3 Å². The summed E-state index contributed by atoms with van der Waals surface area (Å²) in [7, 11) is 0. The smallest absolute Gasteiger partial charge is 0.236 e. The summed E-state index contributed by atoms with van der Waals surface area (Å²) >= 11 is 1.63. The predicted molar refractivity (Wildman–Crippen MR) is 84.5 cm³/mol. The Morgan fingerprint density at radius 3 is 2.67 bits per heavy atom. The molecule has 0 spiro atoms. The number of carbonyl (C=O) groups is 1. The van der Waals surface area contributed by atoms with Crippen molar-refractivity contribution in [2.45, 2.75) is 37.5 Å². The van der Waals surface area contributed by atoms with Gasteiger partial charge in [0.2, 0.25) is 5.91 Å². The van der Waals surface area contributed by atoms with Gasteiger partial charge in [-0.1, -0.05) is 12.1 Å².